The van der Waals surface area contributed by atoms with Crippen LogP contribution in [0.3, 0.4) is 0 Å². The summed E-state index contributed by atoms with van der Waals surface area (Å²) in [4.78, 5) is 13.0. The number of hydrogen-bond donors (Lipinski definition) is 1. The molecule has 0 aliphatic rings. The fourth-order valence-corrected chi connectivity index (χ4v) is 2.78. The van der Waals surface area contributed by atoms with Gasteiger partial charge in [-0.1, -0.05) is 27.5 Å². The zero-order valence-corrected chi connectivity index (χ0v) is 14.4. The highest BCUT2D eigenvalue weighted by Crippen LogP contribution is 2.28. The summed E-state index contributed by atoms with van der Waals surface area (Å²) < 4.78 is 6.21. The van der Waals surface area contributed by atoms with Crippen molar-refractivity contribution in [1.29, 1.82) is 0 Å². The van der Waals surface area contributed by atoms with Crippen LogP contribution < -0.4 is 10.1 Å². The van der Waals surface area contributed by atoms with E-state index in [1.165, 1.54) is 11.8 Å². The molecule has 0 fully saturated rings. The van der Waals surface area contributed by atoms with Gasteiger partial charge in [0.25, 0.3) is 0 Å². The van der Waals surface area contributed by atoms with Gasteiger partial charge in [-0.2, -0.15) is 0 Å². The van der Waals surface area contributed by atoms with E-state index in [0.29, 0.717) is 22.2 Å². The molecular formula is C15H13BrClNO2S. The number of ether oxygens (including phenoxy) is 1. The van der Waals surface area contributed by atoms with Crippen molar-refractivity contribution in [3.05, 3.63) is 52.0 Å². The predicted octanol–water partition coefficient (Wildman–Crippen LogP) is 4.84. The van der Waals surface area contributed by atoms with Crippen molar-refractivity contribution in [3.8, 4) is 5.75 Å². The van der Waals surface area contributed by atoms with E-state index in [0.717, 1.165) is 9.37 Å². The van der Waals surface area contributed by atoms with Gasteiger partial charge in [0.1, 0.15) is 5.75 Å². The number of thioether (sulfide) groups is 1. The van der Waals surface area contributed by atoms with Crippen molar-refractivity contribution in [1.82, 2.24) is 0 Å². The summed E-state index contributed by atoms with van der Waals surface area (Å²) >= 11 is 10.8. The minimum atomic E-state index is -0.108. The lowest BCUT2D eigenvalue weighted by Gasteiger charge is -2.10. The SMILES string of the molecule is COc1ccc(Cl)cc1NC(=O)CSc1ccc(Br)cc1. The molecule has 3 nitrogen and oxygen atoms in total. The molecule has 0 spiro atoms. The standard InChI is InChI=1S/C15H13BrClNO2S/c1-20-14-7-4-11(17)8-13(14)18-15(19)9-21-12-5-2-10(16)3-6-12/h2-8H,9H2,1H3,(H,18,19). The Morgan fingerprint density at radius 1 is 1.29 bits per heavy atom. The third kappa shape index (κ3) is 4.95. The average molecular weight is 387 g/mol. The van der Waals surface area contributed by atoms with Gasteiger partial charge >= 0.3 is 0 Å². The maximum atomic E-state index is 12.0. The number of nitrogens with one attached hydrogen (secondary N) is 1. The highest BCUT2D eigenvalue weighted by molar-refractivity contribution is 9.10. The van der Waals surface area contributed by atoms with E-state index in [9.17, 15) is 4.79 Å². The number of halogens is 2. The van der Waals surface area contributed by atoms with Crippen LogP contribution in [-0.2, 0) is 4.79 Å². The molecule has 1 N–H and O–H groups in total. The highest BCUT2D eigenvalue weighted by Gasteiger charge is 2.09. The van der Waals surface area contributed by atoms with Crippen LogP contribution in [-0.4, -0.2) is 18.8 Å². The van der Waals surface area contributed by atoms with Crippen LogP contribution in [0.25, 0.3) is 0 Å². The van der Waals surface area contributed by atoms with E-state index < -0.39 is 0 Å². The molecule has 2 rings (SSSR count). The molecular weight excluding hydrogens is 374 g/mol. The predicted molar refractivity (Wildman–Crippen MR) is 91.5 cm³/mol. The van der Waals surface area contributed by atoms with Crippen LogP contribution in [0, 0.1) is 0 Å². The van der Waals surface area contributed by atoms with Crippen molar-refractivity contribution in [2.75, 3.05) is 18.2 Å². The molecule has 0 heterocycles. The summed E-state index contributed by atoms with van der Waals surface area (Å²) in [5.74, 6) is 0.794. The molecule has 0 saturated heterocycles. The number of rotatable bonds is 5. The molecule has 0 aliphatic carbocycles. The molecule has 0 saturated carbocycles. The number of hydrogen-bond acceptors (Lipinski definition) is 3. The van der Waals surface area contributed by atoms with E-state index in [2.05, 4.69) is 21.2 Å². The maximum absolute atomic E-state index is 12.0. The molecule has 6 heteroatoms. The van der Waals surface area contributed by atoms with Gasteiger partial charge in [-0.05, 0) is 42.5 Å². The van der Waals surface area contributed by atoms with Crippen molar-refractivity contribution in [2.45, 2.75) is 4.90 Å². The summed E-state index contributed by atoms with van der Waals surface area (Å²) in [7, 11) is 1.55. The Bertz CT molecular complexity index is 634. The Balaban J connectivity index is 1.95. The van der Waals surface area contributed by atoms with Crippen molar-refractivity contribution in [2.24, 2.45) is 0 Å². The summed E-state index contributed by atoms with van der Waals surface area (Å²) in [6, 6.07) is 12.9. The number of benzene rings is 2. The fraction of sp³-hybridized carbons (Fsp3) is 0.133. The molecule has 2 aromatic carbocycles. The van der Waals surface area contributed by atoms with Gasteiger partial charge in [0.15, 0.2) is 0 Å². The van der Waals surface area contributed by atoms with E-state index in [-0.39, 0.29) is 5.91 Å². The van der Waals surface area contributed by atoms with Gasteiger partial charge in [-0.3, -0.25) is 4.79 Å². The van der Waals surface area contributed by atoms with Crippen molar-refractivity contribution in [3.63, 3.8) is 0 Å². The lowest BCUT2D eigenvalue weighted by molar-refractivity contribution is -0.113. The Labute approximate surface area is 141 Å². The van der Waals surface area contributed by atoms with Gasteiger partial charge in [0.05, 0.1) is 18.6 Å². The summed E-state index contributed by atoms with van der Waals surface area (Å²) in [6.07, 6.45) is 0. The van der Waals surface area contributed by atoms with Gasteiger partial charge in [-0.15, -0.1) is 11.8 Å². The molecule has 0 bridgehead atoms. The van der Waals surface area contributed by atoms with Gasteiger partial charge < -0.3 is 10.1 Å². The van der Waals surface area contributed by atoms with Gasteiger partial charge in [0.2, 0.25) is 5.91 Å². The quantitative estimate of drug-likeness (QED) is 0.747. The van der Waals surface area contributed by atoms with E-state index in [4.69, 9.17) is 16.3 Å². The first-order valence-electron chi connectivity index (χ1n) is 6.10. The Kier molecular flexibility index (Phi) is 5.96. The topological polar surface area (TPSA) is 38.3 Å². The number of carbonyl (C=O) groups is 1. The second kappa shape index (κ2) is 7.73. The molecule has 0 aliphatic heterocycles. The van der Waals surface area contributed by atoms with Crippen LogP contribution in [0.1, 0.15) is 0 Å². The normalized spacial score (nSPS) is 10.2. The fourth-order valence-electron chi connectivity index (χ4n) is 1.64. The summed E-state index contributed by atoms with van der Waals surface area (Å²) in [6.45, 7) is 0. The largest absolute Gasteiger partial charge is 0.495 e. The highest BCUT2D eigenvalue weighted by atomic mass is 79.9. The van der Waals surface area contributed by atoms with Crippen LogP contribution in [0.15, 0.2) is 51.8 Å². The van der Waals surface area contributed by atoms with E-state index in [1.807, 2.05) is 24.3 Å². The number of carbonyl (C=O) groups excluding carboxylic acids is 1. The van der Waals surface area contributed by atoms with Crippen molar-refractivity contribution >= 4 is 50.9 Å². The first kappa shape index (κ1) is 16.2. The third-order valence-corrected chi connectivity index (χ3v) is 4.39. The Morgan fingerprint density at radius 3 is 2.67 bits per heavy atom. The molecule has 110 valence electrons. The summed E-state index contributed by atoms with van der Waals surface area (Å²) in [5.41, 5.74) is 0.575. The smallest absolute Gasteiger partial charge is 0.234 e. The Hall–Kier alpha value is -1.17. The number of methoxy groups -OCH3 is 1. The first-order chi connectivity index (χ1) is 10.1. The van der Waals surface area contributed by atoms with Crippen LogP contribution in [0.2, 0.25) is 5.02 Å². The molecule has 2 aromatic rings. The van der Waals surface area contributed by atoms with E-state index >= 15 is 0 Å². The molecule has 0 aromatic heterocycles. The minimum absolute atomic E-state index is 0.108. The molecule has 0 atom stereocenters. The van der Waals surface area contributed by atoms with Crippen LogP contribution in [0.5, 0.6) is 5.75 Å². The molecule has 0 unspecified atom stereocenters. The lowest BCUT2D eigenvalue weighted by Crippen LogP contribution is -2.14. The maximum Gasteiger partial charge on any atom is 0.234 e. The molecule has 1 amide bonds. The molecule has 0 radical (unpaired) electrons. The monoisotopic (exact) mass is 385 g/mol. The van der Waals surface area contributed by atoms with Crippen LogP contribution in [0.4, 0.5) is 5.69 Å². The zero-order valence-electron chi connectivity index (χ0n) is 11.2. The lowest BCUT2D eigenvalue weighted by atomic mass is 10.3. The summed E-state index contributed by atoms with van der Waals surface area (Å²) in [5, 5.41) is 3.35. The number of amides is 1. The minimum Gasteiger partial charge on any atom is -0.495 e. The van der Waals surface area contributed by atoms with E-state index in [1.54, 1.807) is 25.3 Å². The van der Waals surface area contributed by atoms with Gasteiger partial charge in [0, 0.05) is 14.4 Å². The van der Waals surface area contributed by atoms with Gasteiger partial charge in [-0.25, -0.2) is 0 Å². The second-order valence-electron chi connectivity index (χ2n) is 4.14. The average Bonchev–Trinajstić information content (AvgIpc) is 2.47. The zero-order chi connectivity index (χ0) is 15.2. The first-order valence-corrected chi connectivity index (χ1v) is 8.26. The Morgan fingerprint density at radius 2 is 2.00 bits per heavy atom. The number of anilines is 1. The second-order valence-corrected chi connectivity index (χ2v) is 6.54. The van der Waals surface area contributed by atoms with Crippen molar-refractivity contribution < 1.29 is 9.53 Å². The van der Waals surface area contributed by atoms with Crippen LogP contribution >= 0.6 is 39.3 Å². The molecule has 21 heavy (non-hydrogen) atoms. The third-order valence-electron chi connectivity index (χ3n) is 2.62.